The molecule has 4 nitrogen and oxygen atoms in total. The summed E-state index contributed by atoms with van der Waals surface area (Å²) in [6, 6.07) is 75.8. The molecule has 0 heterocycles. The zero-order valence-electron chi connectivity index (χ0n) is 32.9. The van der Waals surface area contributed by atoms with Crippen LogP contribution in [0.5, 0.6) is 23.0 Å². The van der Waals surface area contributed by atoms with Crippen LogP contribution in [-0.2, 0) is 22.0 Å². The first-order valence-electron chi connectivity index (χ1n) is 20.5. The monoisotopic (exact) mass is 862 g/mol. The molecular weight excluding hydrogens is 828 g/mol. The van der Waals surface area contributed by atoms with Gasteiger partial charge in [0, 0.05) is 0 Å². The first-order chi connectivity index (χ1) is 30.1. The summed E-state index contributed by atoms with van der Waals surface area (Å²) < 4.78 is 30.1. The van der Waals surface area contributed by atoms with Crippen molar-refractivity contribution >= 4 is 86.2 Å². The van der Waals surface area contributed by atoms with Crippen LogP contribution in [0.15, 0.2) is 218 Å². The Kier molecular flexibility index (Phi) is 8.50. The summed E-state index contributed by atoms with van der Waals surface area (Å²) in [5, 5.41) is 17.0. The molecular formula is C56H36O4Zr. The Bertz CT molecular complexity index is 3200. The quantitative estimate of drug-likeness (QED) is 0.143. The molecule has 0 bridgehead atoms. The average molecular weight is 864 g/mol. The van der Waals surface area contributed by atoms with Gasteiger partial charge < -0.3 is 0 Å². The number of fused-ring (bicyclic) bond motifs is 8. The van der Waals surface area contributed by atoms with Crippen LogP contribution in [0, 0.1) is 0 Å². The van der Waals surface area contributed by atoms with Crippen molar-refractivity contribution in [1.82, 2.24) is 0 Å². The van der Waals surface area contributed by atoms with Gasteiger partial charge in [0.15, 0.2) is 0 Å². The average Bonchev–Trinajstić information content (AvgIpc) is 3.29. The van der Waals surface area contributed by atoms with Gasteiger partial charge in [-0.15, -0.1) is 0 Å². The molecule has 0 aromatic heterocycles. The summed E-state index contributed by atoms with van der Waals surface area (Å²) in [6.45, 7) is 0. The fourth-order valence-electron chi connectivity index (χ4n) is 8.77. The Balaban J connectivity index is 1.13. The Morgan fingerprint density at radius 1 is 0.197 bits per heavy atom. The molecule has 12 rings (SSSR count). The van der Waals surface area contributed by atoms with Gasteiger partial charge in [0.2, 0.25) is 0 Å². The summed E-state index contributed by atoms with van der Waals surface area (Å²) >= 11 is -5.66. The van der Waals surface area contributed by atoms with Crippen LogP contribution >= 0.6 is 0 Å². The van der Waals surface area contributed by atoms with Gasteiger partial charge in [0.05, 0.1) is 0 Å². The second-order valence-electron chi connectivity index (χ2n) is 15.6. The van der Waals surface area contributed by atoms with Crippen molar-refractivity contribution in [1.29, 1.82) is 0 Å². The zero-order chi connectivity index (χ0) is 40.3. The standard InChI is InChI=1S/4C14H10O.Zr/c4*15-14-7-3-6-12-8-10-4-1-2-5-11(10)9-13(12)14;/h4*1-9,15H;/q;;;;+4/p-4. The van der Waals surface area contributed by atoms with Crippen molar-refractivity contribution < 1.29 is 33.3 Å². The van der Waals surface area contributed by atoms with Gasteiger partial charge in [0.25, 0.3) is 0 Å². The predicted molar refractivity (Wildman–Crippen MR) is 248 cm³/mol. The van der Waals surface area contributed by atoms with E-state index in [4.69, 9.17) is 11.3 Å². The molecule has 0 spiro atoms. The van der Waals surface area contributed by atoms with E-state index < -0.39 is 22.0 Å². The van der Waals surface area contributed by atoms with E-state index in [9.17, 15) is 0 Å². The predicted octanol–water partition coefficient (Wildman–Crippen LogP) is 15.3. The van der Waals surface area contributed by atoms with Gasteiger partial charge in [-0.05, 0) is 0 Å². The van der Waals surface area contributed by atoms with Gasteiger partial charge in [-0.25, -0.2) is 0 Å². The van der Waals surface area contributed by atoms with Crippen LogP contribution < -0.4 is 11.3 Å². The van der Waals surface area contributed by atoms with E-state index in [1.165, 1.54) is 0 Å². The summed E-state index contributed by atoms with van der Waals surface area (Å²) in [5.74, 6) is 2.50. The molecule has 0 aliphatic heterocycles. The van der Waals surface area contributed by atoms with Crippen LogP contribution in [-0.4, -0.2) is 0 Å². The Labute approximate surface area is 358 Å². The molecule has 288 valence electrons. The minimum absolute atomic E-state index is 0.626. The topological polar surface area (TPSA) is 36.9 Å². The molecule has 0 saturated carbocycles. The Morgan fingerprint density at radius 2 is 0.393 bits per heavy atom. The zero-order valence-corrected chi connectivity index (χ0v) is 35.4. The first kappa shape index (κ1) is 35.7. The van der Waals surface area contributed by atoms with E-state index in [-0.39, 0.29) is 0 Å². The Hall–Kier alpha value is -7.20. The SMILES string of the molecule is c1ccc2cc3c([O][Zr]([O]c4cccc5cc6ccccc6cc45)([O]c4cccc5cc6ccccc6cc45)[O]c4cccc5cc6ccccc6cc45)cccc3cc2c1. The van der Waals surface area contributed by atoms with Crippen molar-refractivity contribution in [3.63, 3.8) is 0 Å². The van der Waals surface area contributed by atoms with Crippen LogP contribution in [0.3, 0.4) is 0 Å². The number of hydrogen-bond acceptors (Lipinski definition) is 4. The van der Waals surface area contributed by atoms with Gasteiger partial charge in [-0.1, -0.05) is 0 Å². The molecule has 0 aliphatic rings. The van der Waals surface area contributed by atoms with Crippen LogP contribution in [0.4, 0.5) is 0 Å². The Morgan fingerprint density at radius 3 is 0.623 bits per heavy atom. The number of hydrogen-bond donors (Lipinski definition) is 0. The van der Waals surface area contributed by atoms with E-state index in [2.05, 4.69) is 170 Å². The maximum absolute atomic E-state index is 7.53. The molecule has 0 N–H and O–H groups in total. The van der Waals surface area contributed by atoms with Crippen molar-refractivity contribution in [3.05, 3.63) is 218 Å². The molecule has 12 aromatic rings. The van der Waals surface area contributed by atoms with Gasteiger partial charge >= 0.3 is 361 Å². The van der Waals surface area contributed by atoms with E-state index in [1.807, 2.05) is 48.5 Å². The van der Waals surface area contributed by atoms with Crippen molar-refractivity contribution in [2.75, 3.05) is 0 Å². The van der Waals surface area contributed by atoms with Gasteiger partial charge in [-0.3, -0.25) is 0 Å². The molecule has 0 radical (unpaired) electrons. The van der Waals surface area contributed by atoms with Crippen molar-refractivity contribution in [3.8, 4) is 23.0 Å². The molecule has 0 fully saturated rings. The van der Waals surface area contributed by atoms with Crippen LogP contribution in [0.25, 0.3) is 86.2 Å². The molecule has 61 heavy (non-hydrogen) atoms. The van der Waals surface area contributed by atoms with Crippen LogP contribution in [0.1, 0.15) is 0 Å². The second kappa shape index (κ2) is 14.5. The van der Waals surface area contributed by atoms with Gasteiger partial charge in [-0.2, -0.15) is 0 Å². The molecule has 5 heteroatoms. The van der Waals surface area contributed by atoms with Crippen molar-refractivity contribution in [2.45, 2.75) is 0 Å². The summed E-state index contributed by atoms with van der Waals surface area (Å²) in [7, 11) is 0. The normalized spacial score (nSPS) is 11.9. The number of rotatable bonds is 8. The molecule has 0 amide bonds. The van der Waals surface area contributed by atoms with Crippen LogP contribution in [0.2, 0.25) is 0 Å². The minimum atomic E-state index is -5.66. The van der Waals surface area contributed by atoms with E-state index in [0.29, 0.717) is 23.0 Å². The fourth-order valence-corrected chi connectivity index (χ4v) is 13.8. The first-order valence-corrected chi connectivity index (χ1v) is 24.6. The fraction of sp³-hybridized carbons (Fsp3) is 0. The maximum atomic E-state index is 7.53. The van der Waals surface area contributed by atoms with E-state index >= 15 is 0 Å². The summed E-state index contributed by atoms with van der Waals surface area (Å²) in [5.41, 5.74) is 0. The third-order valence-corrected chi connectivity index (χ3v) is 16.4. The third kappa shape index (κ3) is 6.50. The second-order valence-corrected chi connectivity index (χ2v) is 20.1. The van der Waals surface area contributed by atoms with Crippen molar-refractivity contribution in [2.24, 2.45) is 0 Å². The molecule has 0 atom stereocenters. The molecule has 12 aromatic carbocycles. The van der Waals surface area contributed by atoms with E-state index in [0.717, 1.165) is 86.2 Å². The molecule has 0 unspecified atom stereocenters. The van der Waals surface area contributed by atoms with Gasteiger partial charge in [0.1, 0.15) is 0 Å². The molecule has 0 saturated heterocycles. The summed E-state index contributed by atoms with van der Waals surface area (Å²) in [6.07, 6.45) is 0. The summed E-state index contributed by atoms with van der Waals surface area (Å²) in [4.78, 5) is 0. The number of benzene rings is 12. The third-order valence-electron chi connectivity index (χ3n) is 11.8. The van der Waals surface area contributed by atoms with E-state index in [1.54, 1.807) is 0 Å². The molecule has 0 aliphatic carbocycles.